The zero-order valence-corrected chi connectivity index (χ0v) is 14.3. The second kappa shape index (κ2) is 7.36. The van der Waals surface area contributed by atoms with Gasteiger partial charge >= 0.3 is 0 Å². The molecule has 1 aliphatic heterocycles. The van der Waals surface area contributed by atoms with E-state index in [1.165, 1.54) is 19.6 Å². The Morgan fingerprint density at radius 1 is 0.952 bits per heavy atom. The highest BCUT2D eigenvalue weighted by molar-refractivity contribution is 8.31. The van der Waals surface area contributed by atoms with Crippen LogP contribution in [0, 0.1) is 0 Å². The van der Waals surface area contributed by atoms with Gasteiger partial charge in [0, 0.05) is 9.80 Å². The monoisotopic (exact) mass is 344 g/mol. The second-order valence-electron chi connectivity index (χ2n) is 4.27. The first-order valence-corrected chi connectivity index (χ1v) is 9.32. The molecular formula is C17H12S4. The maximum absolute atomic E-state index is 5.46. The number of thiocarbonyl (C=S) groups is 1. The van der Waals surface area contributed by atoms with Crippen LogP contribution in [0.2, 0.25) is 0 Å². The summed E-state index contributed by atoms with van der Waals surface area (Å²) in [7, 11) is 0. The predicted molar refractivity (Wildman–Crippen MR) is 103 cm³/mol. The van der Waals surface area contributed by atoms with Gasteiger partial charge in [-0.1, -0.05) is 96.0 Å². The van der Waals surface area contributed by atoms with Crippen LogP contribution in [-0.2, 0) is 0 Å². The van der Waals surface area contributed by atoms with Crippen molar-refractivity contribution in [1.82, 2.24) is 0 Å². The molecule has 0 aliphatic carbocycles. The molecule has 0 amide bonds. The van der Waals surface area contributed by atoms with Crippen LogP contribution in [0.4, 0.5) is 0 Å². The van der Waals surface area contributed by atoms with E-state index in [4.69, 9.17) is 12.2 Å². The quantitative estimate of drug-likeness (QED) is 0.357. The van der Waals surface area contributed by atoms with Gasteiger partial charge in [0.1, 0.15) is 0 Å². The summed E-state index contributed by atoms with van der Waals surface area (Å²) in [6.45, 7) is 0. The molecule has 2 aromatic rings. The van der Waals surface area contributed by atoms with Crippen molar-refractivity contribution in [3.63, 3.8) is 0 Å². The van der Waals surface area contributed by atoms with Gasteiger partial charge in [-0.15, -0.1) is 0 Å². The fourth-order valence-electron chi connectivity index (χ4n) is 1.79. The number of benzene rings is 2. The van der Waals surface area contributed by atoms with Gasteiger partial charge in [0.25, 0.3) is 0 Å². The summed E-state index contributed by atoms with van der Waals surface area (Å²) >= 11 is 10.6. The minimum absolute atomic E-state index is 0.902. The first kappa shape index (κ1) is 15.0. The lowest BCUT2D eigenvalue weighted by molar-refractivity contribution is 1.48. The maximum atomic E-state index is 5.46. The van der Waals surface area contributed by atoms with Gasteiger partial charge in [0.05, 0.1) is 8.43 Å². The van der Waals surface area contributed by atoms with Crippen molar-refractivity contribution in [3.05, 3.63) is 81.9 Å². The Morgan fingerprint density at radius 2 is 1.62 bits per heavy atom. The Hall–Kier alpha value is -0.940. The predicted octanol–water partition coefficient (Wildman–Crippen LogP) is 6.43. The van der Waals surface area contributed by atoms with Crippen LogP contribution < -0.4 is 0 Å². The van der Waals surface area contributed by atoms with Gasteiger partial charge in [-0.25, -0.2) is 0 Å². The zero-order chi connectivity index (χ0) is 14.5. The van der Waals surface area contributed by atoms with Crippen LogP contribution in [0.15, 0.2) is 81.3 Å². The van der Waals surface area contributed by atoms with E-state index in [9.17, 15) is 0 Å². The van der Waals surface area contributed by atoms with E-state index in [1.54, 1.807) is 35.3 Å². The molecule has 0 N–H and O–H groups in total. The van der Waals surface area contributed by atoms with Crippen molar-refractivity contribution >= 4 is 56.6 Å². The van der Waals surface area contributed by atoms with Gasteiger partial charge in [-0.2, -0.15) is 0 Å². The van der Waals surface area contributed by atoms with E-state index in [1.807, 2.05) is 24.3 Å². The maximum Gasteiger partial charge on any atom is 0.0770 e. The summed E-state index contributed by atoms with van der Waals surface area (Å²) in [4.78, 5) is 2.47. The minimum Gasteiger partial charge on any atom is -0.0894 e. The number of thioether (sulfide) groups is 3. The average Bonchev–Trinajstić information content (AvgIpc) is 2.97. The third kappa shape index (κ3) is 4.27. The highest BCUT2D eigenvalue weighted by atomic mass is 32.2. The van der Waals surface area contributed by atoms with Crippen LogP contribution in [0.3, 0.4) is 0 Å². The summed E-state index contributed by atoms with van der Waals surface area (Å²) in [6.07, 6.45) is 2.09. The molecule has 2 aromatic carbocycles. The summed E-state index contributed by atoms with van der Waals surface area (Å²) < 4.78 is 2.14. The fourth-order valence-corrected chi connectivity index (χ4v) is 5.33. The molecule has 0 unspecified atom stereocenters. The molecule has 0 radical (unpaired) electrons. The molecule has 0 saturated carbocycles. The van der Waals surface area contributed by atoms with Crippen molar-refractivity contribution < 1.29 is 0 Å². The Bertz CT molecular complexity index is 687. The van der Waals surface area contributed by atoms with Gasteiger partial charge < -0.3 is 0 Å². The van der Waals surface area contributed by atoms with Crippen LogP contribution in [0.5, 0.6) is 0 Å². The molecular weight excluding hydrogens is 332 g/mol. The molecule has 3 rings (SSSR count). The molecule has 0 spiro atoms. The van der Waals surface area contributed by atoms with Crippen LogP contribution >= 0.6 is 47.5 Å². The number of rotatable bonds is 3. The van der Waals surface area contributed by atoms with Crippen molar-refractivity contribution in [1.29, 1.82) is 0 Å². The smallest absolute Gasteiger partial charge is 0.0770 e. The molecule has 0 saturated heterocycles. The highest BCUT2D eigenvalue weighted by Gasteiger charge is 2.14. The molecule has 1 aliphatic rings. The normalized spacial score (nSPS) is 16.0. The van der Waals surface area contributed by atoms with Crippen molar-refractivity contribution in [2.75, 3.05) is 0 Å². The van der Waals surface area contributed by atoms with Gasteiger partial charge in [-0.05, 0) is 29.2 Å². The summed E-state index contributed by atoms with van der Waals surface area (Å²) in [5.41, 5.74) is 1.26. The molecule has 21 heavy (non-hydrogen) atoms. The third-order valence-electron chi connectivity index (χ3n) is 2.75. The van der Waals surface area contributed by atoms with Gasteiger partial charge in [0.15, 0.2) is 0 Å². The molecule has 0 bridgehead atoms. The van der Waals surface area contributed by atoms with Gasteiger partial charge in [0.2, 0.25) is 0 Å². The largest absolute Gasteiger partial charge is 0.0894 e. The lowest BCUT2D eigenvalue weighted by Crippen LogP contribution is -1.82. The lowest BCUT2D eigenvalue weighted by Gasteiger charge is -2.02. The topological polar surface area (TPSA) is 0 Å². The minimum atomic E-state index is 0.902. The van der Waals surface area contributed by atoms with Gasteiger partial charge in [-0.3, -0.25) is 0 Å². The Balaban J connectivity index is 1.63. The van der Waals surface area contributed by atoms with Crippen LogP contribution in [0.25, 0.3) is 4.91 Å². The molecule has 0 nitrogen and oxygen atoms in total. The summed E-state index contributed by atoms with van der Waals surface area (Å²) in [6, 6.07) is 20.7. The molecule has 0 atom stereocenters. The van der Waals surface area contributed by atoms with E-state index in [-0.39, 0.29) is 0 Å². The molecule has 0 fully saturated rings. The number of hydrogen-bond acceptors (Lipinski definition) is 4. The highest BCUT2D eigenvalue weighted by Crippen LogP contribution is 2.48. The van der Waals surface area contributed by atoms with E-state index in [2.05, 4.69) is 47.9 Å². The third-order valence-corrected chi connectivity index (χ3v) is 6.23. The average molecular weight is 345 g/mol. The van der Waals surface area contributed by atoms with Crippen molar-refractivity contribution in [3.8, 4) is 0 Å². The second-order valence-corrected chi connectivity index (χ2v) is 8.33. The van der Waals surface area contributed by atoms with Crippen LogP contribution in [0.1, 0.15) is 5.56 Å². The van der Waals surface area contributed by atoms with E-state index < -0.39 is 0 Å². The molecule has 1 heterocycles. The van der Waals surface area contributed by atoms with Crippen molar-refractivity contribution in [2.24, 2.45) is 0 Å². The van der Waals surface area contributed by atoms with Crippen molar-refractivity contribution in [2.45, 2.75) is 4.90 Å². The zero-order valence-electron chi connectivity index (χ0n) is 11.1. The number of hydrogen-bond donors (Lipinski definition) is 0. The first-order chi connectivity index (χ1) is 10.3. The van der Waals surface area contributed by atoms with E-state index >= 15 is 0 Å². The fraction of sp³-hybridized carbons (Fsp3) is 0. The van der Waals surface area contributed by atoms with E-state index in [0.717, 1.165) is 4.20 Å². The molecule has 4 heteroatoms. The first-order valence-electron chi connectivity index (χ1n) is 6.40. The Labute approximate surface area is 143 Å². The Morgan fingerprint density at radius 3 is 2.33 bits per heavy atom. The van der Waals surface area contributed by atoms with E-state index in [0.29, 0.717) is 0 Å². The molecule has 0 aromatic heterocycles. The summed E-state index contributed by atoms with van der Waals surface area (Å²) in [5.74, 6) is 0. The Kier molecular flexibility index (Phi) is 5.25. The molecule has 104 valence electrons. The standard InChI is InChI=1S/C17H12S4/c18-16(20-14-9-5-2-6-10-14)11-17-19-12-15(21-17)13-7-3-1-4-8-13/h1-12H/b17-11+. The summed E-state index contributed by atoms with van der Waals surface area (Å²) in [5, 5.41) is 2.20. The van der Waals surface area contributed by atoms with Crippen LogP contribution in [-0.4, -0.2) is 4.20 Å². The SMILES string of the molecule is S=C(/C=C1\SC=C(c2ccccc2)S1)Sc1ccccc1. The lowest BCUT2D eigenvalue weighted by atomic mass is 10.2.